The lowest BCUT2D eigenvalue weighted by molar-refractivity contribution is 0.101. The van der Waals surface area contributed by atoms with Gasteiger partial charge in [0.25, 0.3) is 0 Å². The highest BCUT2D eigenvalue weighted by Gasteiger charge is 2.22. The molecule has 0 unspecified atom stereocenters. The molecule has 1 heterocycles. The summed E-state index contributed by atoms with van der Waals surface area (Å²) in [5, 5.41) is 0. The van der Waals surface area contributed by atoms with E-state index in [9.17, 15) is 9.18 Å². The molecular formula is C16H19FN2O. The van der Waals surface area contributed by atoms with Crippen molar-refractivity contribution in [3.63, 3.8) is 0 Å². The fraction of sp³-hybridized carbons (Fsp3) is 0.438. The number of ketones is 1. The van der Waals surface area contributed by atoms with E-state index in [1.54, 1.807) is 6.07 Å². The maximum atomic E-state index is 13.8. The normalized spacial score (nSPS) is 15.9. The minimum absolute atomic E-state index is 0.199. The molecule has 0 spiro atoms. The van der Waals surface area contributed by atoms with Gasteiger partial charge in [0.1, 0.15) is 5.82 Å². The predicted octanol–water partition coefficient (Wildman–Crippen LogP) is 2.17. The number of piperazine rings is 1. The van der Waals surface area contributed by atoms with Gasteiger partial charge in [0.15, 0.2) is 5.78 Å². The number of hydrogen-bond donors (Lipinski definition) is 0. The van der Waals surface area contributed by atoms with Crippen molar-refractivity contribution in [3.8, 4) is 12.3 Å². The molecule has 0 amide bonds. The molecule has 0 atom stereocenters. The number of hydrogen-bond acceptors (Lipinski definition) is 3. The Labute approximate surface area is 119 Å². The zero-order valence-corrected chi connectivity index (χ0v) is 11.7. The minimum atomic E-state index is -0.440. The Morgan fingerprint density at radius 2 is 2.05 bits per heavy atom. The van der Waals surface area contributed by atoms with Crippen LogP contribution in [-0.4, -0.2) is 43.4 Å². The molecule has 1 fully saturated rings. The third kappa shape index (κ3) is 3.17. The summed E-state index contributed by atoms with van der Waals surface area (Å²) in [6.07, 6.45) is 6.02. The monoisotopic (exact) mass is 274 g/mol. The van der Waals surface area contributed by atoms with E-state index in [1.165, 1.54) is 13.0 Å². The van der Waals surface area contributed by atoms with E-state index in [0.29, 0.717) is 5.69 Å². The largest absolute Gasteiger partial charge is 0.368 e. The van der Waals surface area contributed by atoms with Gasteiger partial charge in [-0.25, -0.2) is 4.39 Å². The molecule has 1 aliphatic rings. The van der Waals surface area contributed by atoms with E-state index >= 15 is 0 Å². The van der Waals surface area contributed by atoms with Crippen molar-refractivity contribution in [2.75, 3.05) is 37.6 Å². The fourth-order valence-electron chi connectivity index (χ4n) is 2.56. The first-order valence-corrected chi connectivity index (χ1v) is 6.83. The highest BCUT2D eigenvalue weighted by molar-refractivity contribution is 6.00. The van der Waals surface area contributed by atoms with E-state index in [1.807, 2.05) is 6.07 Å². The Balaban J connectivity index is 2.10. The average molecular weight is 274 g/mol. The fourth-order valence-corrected chi connectivity index (χ4v) is 2.56. The third-order valence-electron chi connectivity index (χ3n) is 3.63. The van der Waals surface area contributed by atoms with Crippen molar-refractivity contribution in [2.45, 2.75) is 13.3 Å². The second-order valence-corrected chi connectivity index (χ2v) is 4.97. The highest BCUT2D eigenvalue weighted by Crippen LogP contribution is 2.25. The molecule has 2 rings (SSSR count). The second kappa shape index (κ2) is 6.53. The Bertz CT molecular complexity index is 528. The standard InChI is InChI=1S/C16H19FN2O/c1-3-4-8-18-9-11-19(12-10-18)15-7-5-6-14(17)16(15)13(2)20/h1,5-7H,4,8-12H2,2H3. The number of terminal acetylenes is 1. The Hall–Kier alpha value is -1.86. The first-order valence-electron chi connectivity index (χ1n) is 6.83. The topological polar surface area (TPSA) is 23.6 Å². The van der Waals surface area contributed by atoms with Crippen molar-refractivity contribution in [1.82, 2.24) is 4.90 Å². The quantitative estimate of drug-likeness (QED) is 0.621. The van der Waals surface area contributed by atoms with E-state index in [0.717, 1.165) is 39.1 Å². The molecule has 0 bridgehead atoms. The van der Waals surface area contributed by atoms with Crippen LogP contribution in [0.2, 0.25) is 0 Å². The molecule has 4 heteroatoms. The van der Waals surface area contributed by atoms with Crippen LogP contribution in [-0.2, 0) is 0 Å². The summed E-state index contributed by atoms with van der Waals surface area (Å²) in [6, 6.07) is 4.81. The van der Waals surface area contributed by atoms with Gasteiger partial charge < -0.3 is 4.90 Å². The van der Waals surface area contributed by atoms with Gasteiger partial charge in [-0.1, -0.05) is 6.07 Å². The first kappa shape index (κ1) is 14.5. The van der Waals surface area contributed by atoms with Gasteiger partial charge in [-0.3, -0.25) is 9.69 Å². The van der Waals surface area contributed by atoms with Crippen LogP contribution < -0.4 is 4.90 Å². The van der Waals surface area contributed by atoms with E-state index in [-0.39, 0.29) is 11.3 Å². The predicted molar refractivity (Wildman–Crippen MR) is 78.5 cm³/mol. The molecule has 1 aromatic rings. The summed E-state index contributed by atoms with van der Waals surface area (Å²) in [5.41, 5.74) is 0.902. The molecule has 3 nitrogen and oxygen atoms in total. The number of carbonyl (C=O) groups is 1. The van der Waals surface area contributed by atoms with Gasteiger partial charge in [-0.05, 0) is 19.1 Å². The summed E-state index contributed by atoms with van der Waals surface area (Å²) in [6.45, 7) is 5.64. The van der Waals surface area contributed by atoms with Gasteiger partial charge in [0.05, 0.1) is 11.3 Å². The molecule has 0 N–H and O–H groups in total. The van der Waals surface area contributed by atoms with Gasteiger partial charge in [-0.15, -0.1) is 12.3 Å². The second-order valence-electron chi connectivity index (χ2n) is 4.97. The van der Waals surface area contributed by atoms with Crippen molar-refractivity contribution in [3.05, 3.63) is 29.6 Å². The van der Waals surface area contributed by atoms with Crippen molar-refractivity contribution in [2.24, 2.45) is 0 Å². The van der Waals surface area contributed by atoms with E-state index < -0.39 is 5.82 Å². The van der Waals surface area contributed by atoms with Crippen LogP contribution in [0.4, 0.5) is 10.1 Å². The first-order chi connectivity index (χ1) is 9.63. The summed E-state index contributed by atoms with van der Waals surface area (Å²) in [5.74, 6) is 1.97. The van der Waals surface area contributed by atoms with Crippen molar-refractivity contribution >= 4 is 11.5 Å². The van der Waals surface area contributed by atoms with E-state index in [2.05, 4.69) is 15.7 Å². The smallest absolute Gasteiger partial charge is 0.164 e. The maximum Gasteiger partial charge on any atom is 0.164 e. The molecular weight excluding hydrogens is 255 g/mol. The number of halogens is 1. The zero-order valence-electron chi connectivity index (χ0n) is 11.7. The number of benzene rings is 1. The third-order valence-corrected chi connectivity index (χ3v) is 3.63. The van der Waals surface area contributed by atoms with Crippen LogP contribution in [0.15, 0.2) is 18.2 Å². The number of nitrogens with zero attached hydrogens (tertiary/aromatic N) is 2. The lowest BCUT2D eigenvalue weighted by Crippen LogP contribution is -2.47. The summed E-state index contributed by atoms with van der Waals surface area (Å²) in [7, 11) is 0. The van der Waals surface area contributed by atoms with Crippen molar-refractivity contribution in [1.29, 1.82) is 0 Å². The molecule has 0 saturated carbocycles. The summed E-state index contributed by atoms with van der Waals surface area (Å²) >= 11 is 0. The Morgan fingerprint density at radius 1 is 1.35 bits per heavy atom. The summed E-state index contributed by atoms with van der Waals surface area (Å²) in [4.78, 5) is 16.0. The SMILES string of the molecule is C#CCCN1CCN(c2cccc(F)c2C(C)=O)CC1. The molecule has 0 aromatic heterocycles. The lowest BCUT2D eigenvalue weighted by Gasteiger charge is -2.36. The number of anilines is 1. The Morgan fingerprint density at radius 3 is 2.65 bits per heavy atom. The molecule has 20 heavy (non-hydrogen) atoms. The average Bonchev–Trinajstić information content (AvgIpc) is 2.45. The maximum absolute atomic E-state index is 13.8. The van der Waals surface area contributed by atoms with Gasteiger partial charge in [0.2, 0.25) is 0 Å². The number of rotatable bonds is 4. The molecule has 1 aromatic carbocycles. The van der Waals surface area contributed by atoms with Crippen LogP contribution in [0, 0.1) is 18.2 Å². The van der Waals surface area contributed by atoms with Crippen LogP contribution >= 0.6 is 0 Å². The lowest BCUT2D eigenvalue weighted by atomic mass is 10.1. The Kier molecular flexibility index (Phi) is 4.75. The molecule has 1 aliphatic heterocycles. The van der Waals surface area contributed by atoms with Crippen molar-refractivity contribution < 1.29 is 9.18 Å². The highest BCUT2D eigenvalue weighted by atomic mass is 19.1. The molecule has 1 saturated heterocycles. The summed E-state index contributed by atoms with van der Waals surface area (Å²) < 4.78 is 13.8. The molecule has 0 radical (unpaired) electrons. The number of Topliss-reactive ketones (excluding diaryl/α,β-unsaturated/α-hetero) is 1. The van der Waals surface area contributed by atoms with Crippen LogP contribution in [0.25, 0.3) is 0 Å². The van der Waals surface area contributed by atoms with Crippen LogP contribution in [0.5, 0.6) is 0 Å². The number of carbonyl (C=O) groups excluding carboxylic acids is 1. The minimum Gasteiger partial charge on any atom is -0.368 e. The molecule has 0 aliphatic carbocycles. The van der Waals surface area contributed by atoms with Gasteiger partial charge >= 0.3 is 0 Å². The van der Waals surface area contributed by atoms with Crippen LogP contribution in [0.1, 0.15) is 23.7 Å². The van der Waals surface area contributed by atoms with Gasteiger partial charge in [-0.2, -0.15) is 0 Å². The van der Waals surface area contributed by atoms with E-state index in [4.69, 9.17) is 6.42 Å². The van der Waals surface area contributed by atoms with Crippen LogP contribution in [0.3, 0.4) is 0 Å². The zero-order chi connectivity index (χ0) is 14.5. The van der Waals surface area contributed by atoms with Gasteiger partial charge in [0, 0.05) is 39.1 Å². The molecule has 106 valence electrons.